The molecule has 2 aliphatic heterocycles. The first-order chi connectivity index (χ1) is 16.8. The van der Waals surface area contributed by atoms with Crippen LogP contribution in [0.4, 0.5) is 5.69 Å². The molecule has 7 heteroatoms. The van der Waals surface area contributed by atoms with Crippen molar-refractivity contribution in [2.45, 2.75) is 25.6 Å². The number of benzene rings is 3. The zero-order valence-corrected chi connectivity index (χ0v) is 19.7. The normalized spacial score (nSPS) is 24.4. The first-order valence-electron chi connectivity index (χ1n) is 11.3. The van der Waals surface area contributed by atoms with Gasteiger partial charge in [0.05, 0.1) is 23.6 Å². The van der Waals surface area contributed by atoms with Gasteiger partial charge in [-0.1, -0.05) is 71.8 Å². The molecule has 0 bridgehead atoms. The summed E-state index contributed by atoms with van der Waals surface area (Å²) >= 11 is 6.29. The van der Waals surface area contributed by atoms with Crippen LogP contribution in [0.25, 0.3) is 0 Å². The van der Waals surface area contributed by atoms with Gasteiger partial charge in [-0.25, -0.2) is 4.90 Å². The summed E-state index contributed by atoms with van der Waals surface area (Å²) in [5, 5.41) is 0.404. The summed E-state index contributed by atoms with van der Waals surface area (Å²) < 4.78 is 6.28. The van der Waals surface area contributed by atoms with Gasteiger partial charge in [-0.2, -0.15) is 0 Å². The van der Waals surface area contributed by atoms with E-state index in [9.17, 15) is 19.2 Å². The van der Waals surface area contributed by atoms with Gasteiger partial charge in [-0.3, -0.25) is 19.2 Å². The Kier molecular flexibility index (Phi) is 4.66. The lowest BCUT2D eigenvalue weighted by molar-refractivity contribution is -0.127. The molecular weight excluding hydrogens is 466 g/mol. The number of rotatable bonds is 2. The molecule has 1 aliphatic carbocycles. The molecule has 1 spiro atoms. The molecule has 3 aliphatic rings. The van der Waals surface area contributed by atoms with Gasteiger partial charge in [0, 0.05) is 16.1 Å². The molecule has 6 nitrogen and oxygen atoms in total. The molecule has 3 atom stereocenters. The number of imide groups is 1. The molecule has 35 heavy (non-hydrogen) atoms. The molecule has 0 unspecified atom stereocenters. The predicted molar refractivity (Wildman–Crippen MR) is 129 cm³/mol. The van der Waals surface area contributed by atoms with Gasteiger partial charge in [0.2, 0.25) is 29.0 Å². The Hall–Kier alpha value is -3.61. The quantitative estimate of drug-likeness (QED) is 0.390. The number of Topliss-reactive ketones (excluding diaryl/α,β-unsaturated/α-hetero) is 2. The van der Waals surface area contributed by atoms with Crippen LogP contribution in [-0.2, 0) is 14.3 Å². The van der Waals surface area contributed by atoms with E-state index in [0.717, 1.165) is 16.0 Å². The summed E-state index contributed by atoms with van der Waals surface area (Å²) in [6.07, 6.45) is -0.940. The van der Waals surface area contributed by atoms with Gasteiger partial charge in [-0.05, 0) is 37.1 Å². The largest absolute Gasteiger partial charge is 0.349 e. The van der Waals surface area contributed by atoms with Crippen LogP contribution in [-0.4, -0.2) is 29.0 Å². The molecule has 3 aromatic carbocycles. The van der Waals surface area contributed by atoms with Crippen molar-refractivity contribution in [2.75, 3.05) is 4.90 Å². The lowest BCUT2D eigenvalue weighted by Gasteiger charge is -2.27. The van der Waals surface area contributed by atoms with E-state index in [1.807, 2.05) is 26.0 Å². The number of fused-ring (bicyclic) bond motifs is 3. The maximum absolute atomic E-state index is 13.9. The highest BCUT2D eigenvalue weighted by Crippen LogP contribution is 2.57. The molecule has 0 aromatic heterocycles. The van der Waals surface area contributed by atoms with E-state index in [4.69, 9.17) is 16.3 Å². The third-order valence-electron chi connectivity index (χ3n) is 7.34. The van der Waals surface area contributed by atoms with Gasteiger partial charge < -0.3 is 4.74 Å². The van der Waals surface area contributed by atoms with Crippen LogP contribution >= 0.6 is 11.6 Å². The average Bonchev–Trinajstić information content (AvgIpc) is 3.41. The smallest absolute Gasteiger partial charge is 0.241 e. The van der Waals surface area contributed by atoms with E-state index in [-0.39, 0.29) is 11.1 Å². The summed E-state index contributed by atoms with van der Waals surface area (Å²) in [5.41, 5.74) is 1.06. The molecule has 2 saturated heterocycles. The molecule has 0 saturated carbocycles. The lowest BCUT2D eigenvalue weighted by atomic mass is 9.77. The lowest BCUT2D eigenvalue weighted by Crippen LogP contribution is -2.51. The number of ether oxygens (including phenoxy) is 1. The van der Waals surface area contributed by atoms with E-state index in [0.29, 0.717) is 16.3 Å². The van der Waals surface area contributed by atoms with E-state index in [1.54, 1.807) is 54.6 Å². The number of carbonyl (C=O) groups excluding carboxylic acids is 4. The van der Waals surface area contributed by atoms with Crippen molar-refractivity contribution in [1.82, 2.24) is 0 Å². The van der Waals surface area contributed by atoms with Crippen LogP contribution < -0.4 is 4.90 Å². The van der Waals surface area contributed by atoms with Gasteiger partial charge in [0.1, 0.15) is 0 Å². The van der Waals surface area contributed by atoms with Crippen molar-refractivity contribution < 1.29 is 23.9 Å². The fourth-order valence-corrected chi connectivity index (χ4v) is 5.72. The van der Waals surface area contributed by atoms with Crippen LogP contribution in [0, 0.1) is 25.7 Å². The molecule has 3 aromatic rings. The first-order valence-corrected chi connectivity index (χ1v) is 11.7. The van der Waals surface area contributed by atoms with E-state index < -0.39 is 46.9 Å². The summed E-state index contributed by atoms with van der Waals surface area (Å²) in [7, 11) is 0. The number of halogens is 1. The highest BCUT2D eigenvalue weighted by Gasteiger charge is 2.74. The highest BCUT2D eigenvalue weighted by atomic mass is 35.5. The van der Waals surface area contributed by atoms with Gasteiger partial charge in [0.25, 0.3) is 0 Å². The second-order valence-electron chi connectivity index (χ2n) is 9.34. The van der Waals surface area contributed by atoms with Crippen LogP contribution in [0.2, 0.25) is 5.02 Å². The number of hydrogen-bond donors (Lipinski definition) is 0. The zero-order valence-electron chi connectivity index (χ0n) is 18.9. The standard InChI is InChI=1S/C28H20ClNO5/c1-14-7-10-16(11-8-14)23-21-22(27(34)30(26(21)33)17-12-9-15(2)20(29)13-17)28(35-23)24(31)18-5-3-4-6-19(18)25(28)32/h3-13,21-23H,1-2H3/t21-,22-,23-/m1/s1. The number of carbonyl (C=O) groups is 4. The minimum Gasteiger partial charge on any atom is -0.349 e. The highest BCUT2D eigenvalue weighted by molar-refractivity contribution is 6.37. The first kappa shape index (κ1) is 21.9. The van der Waals surface area contributed by atoms with Crippen LogP contribution in [0.1, 0.15) is 43.5 Å². The van der Waals surface area contributed by atoms with Crippen LogP contribution in [0.3, 0.4) is 0 Å². The zero-order chi connectivity index (χ0) is 24.6. The van der Waals surface area contributed by atoms with Crippen molar-refractivity contribution in [3.8, 4) is 0 Å². The molecule has 174 valence electrons. The Bertz CT molecular complexity index is 1430. The SMILES string of the molecule is Cc1ccc([C@H]2OC3(C(=O)c4ccccc4C3=O)[C@H]3C(=O)N(c4ccc(C)c(Cl)c4)C(=O)[C@@H]23)cc1. The predicted octanol–water partition coefficient (Wildman–Crippen LogP) is 4.65. The van der Waals surface area contributed by atoms with Crippen LogP contribution in [0.15, 0.2) is 66.7 Å². The van der Waals surface area contributed by atoms with E-state index in [1.165, 1.54) is 0 Å². The number of nitrogens with zero attached hydrogens (tertiary/aromatic N) is 1. The number of anilines is 1. The summed E-state index contributed by atoms with van der Waals surface area (Å²) in [6.45, 7) is 3.75. The second kappa shape index (κ2) is 7.44. The maximum atomic E-state index is 13.9. The number of amides is 2. The number of aryl methyl sites for hydroxylation is 2. The fourth-order valence-electron chi connectivity index (χ4n) is 5.55. The number of hydrogen-bond acceptors (Lipinski definition) is 5. The Morgan fingerprint density at radius 2 is 1.46 bits per heavy atom. The third-order valence-corrected chi connectivity index (χ3v) is 7.75. The maximum Gasteiger partial charge on any atom is 0.241 e. The summed E-state index contributed by atoms with van der Waals surface area (Å²) in [4.78, 5) is 56.3. The minimum atomic E-state index is -2.08. The Labute approximate surface area is 206 Å². The minimum absolute atomic E-state index is 0.206. The summed E-state index contributed by atoms with van der Waals surface area (Å²) in [5.74, 6) is -4.62. The molecule has 2 fully saturated rings. The van der Waals surface area contributed by atoms with Gasteiger partial charge >= 0.3 is 0 Å². The molecular formula is C28H20ClNO5. The third kappa shape index (κ3) is 2.81. The second-order valence-corrected chi connectivity index (χ2v) is 9.74. The van der Waals surface area contributed by atoms with Crippen molar-refractivity contribution in [2.24, 2.45) is 11.8 Å². The monoisotopic (exact) mass is 485 g/mol. The molecule has 6 rings (SSSR count). The topological polar surface area (TPSA) is 80.8 Å². The van der Waals surface area contributed by atoms with E-state index in [2.05, 4.69) is 0 Å². The molecule has 2 amide bonds. The van der Waals surface area contributed by atoms with Gasteiger partial charge in [-0.15, -0.1) is 0 Å². The Morgan fingerprint density at radius 3 is 2.06 bits per heavy atom. The van der Waals surface area contributed by atoms with Crippen LogP contribution in [0.5, 0.6) is 0 Å². The van der Waals surface area contributed by atoms with Gasteiger partial charge in [0.15, 0.2) is 0 Å². The average molecular weight is 486 g/mol. The number of ketones is 2. The van der Waals surface area contributed by atoms with Crippen molar-refractivity contribution >= 4 is 40.7 Å². The molecule has 2 heterocycles. The Morgan fingerprint density at radius 1 is 0.829 bits per heavy atom. The molecule has 0 radical (unpaired) electrons. The fraction of sp³-hybridized carbons (Fsp3) is 0.214. The van der Waals surface area contributed by atoms with E-state index >= 15 is 0 Å². The van der Waals surface area contributed by atoms with Crippen molar-refractivity contribution in [3.05, 3.63) is 99.6 Å². The van der Waals surface area contributed by atoms with Crippen molar-refractivity contribution in [3.63, 3.8) is 0 Å². The summed E-state index contributed by atoms with van der Waals surface area (Å²) in [6, 6.07) is 18.7. The Balaban J connectivity index is 1.54. The van der Waals surface area contributed by atoms with Crippen molar-refractivity contribution in [1.29, 1.82) is 0 Å². The molecule has 0 N–H and O–H groups in total.